The van der Waals surface area contributed by atoms with Crippen LogP contribution in [0.15, 0.2) is 12.7 Å². The molecule has 0 aromatic heterocycles. The molecule has 0 spiro atoms. The Morgan fingerprint density at radius 2 is 2.08 bits per heavy atom. The molecule has 1 unspecified atom stereocenters. The van der Waals surface area contributed by atoms with Crippen LogP contribution in [0, 0.1) is 17.2 Å². The highest BCUT2D eigenvalue weighted by Gasteiger charge is 2.20. The third kappa shape index (κ3) is 4.83. The van der Waals surface area contributed by atoms with Crippen LogP contribution in [0.1, 0.15) is 33.1 Å². The highest BCUT2D eigenvalue weighted by atomic mass is 16.3. The van der Waals surface area contributed by atoms with Crippen molar-refractivity contribution in [2.75, 3.05) is 0 Å². The zero-order valence-electron chi connectivity index (χ0n) is 8.66. The van der Waals surface area contributed by atoms with E-state index in [-0.39, 0.29) is 12.0 Å². The second-order valence-corrected chi connectivity index (χ2v) is 3.78. The molecular formula is C11H21NO. The first kappa shape index (κ1) is 12.4. The zero-order chi connectivity index (χ0) is 10.3. The summed E-state index contributed by atoms with van der Waals surface area (Å²) in [6, 6.07) is 0. The van der Waals surface area contributed by atoms with Gasteiger partial charge in [0, 0.05) is 0 Å². The molecule has 0 aliphatic carbocycles. The fraction of sp³-hybridized carbons (Fsp3) is 0.727. The Morgan fingerprint density at radius 3 is 2.46 bits per heavy atom. The van der Waals surface area contributed by atoms with Gasteiger partial charge in [-0.1, -0.05) is 19.9 Å². The van der Waals surface area contributed by atoms with Gasteiger partial charge in [0.25, 0.3) is 0 Å². The molecular weight excluding hydrogens is 162 g/mol. The summed E-state index contributed by atoms with van der Waals surface area (Å²) >= 11 is 0. The van der Waals surface area contributed by atoms with Crippen molar-refractivity contribution in [1.29, 1.82) is 5.41 Å². The molecule has 13 heavy (non-hydrogen) atoms. The van der Waals surface area contributed by atoms with Gasteiger partial charge >= 0.3 is 0 Å². The Hall–Kier alpha value is -0.630. The van der Waals surface area contributed by atoms with Crippen LogP contribution in [0.3, 0.4) is 0 Å². The largest absolute Gasteiger partial charge is 0.393 e. The molecule has 0 radical (unpaired) electrons. The lowest BCUT2D eigenvalue weighted by molar-refractivity contribution is 0.0772. The van der Waals surface area contributed by atoms with Crippen LogP contribution in [0.4, 0.5) is 0 Å². The average Bonchev–Trinajstić information content (AvgIpc) is 2.09. The maximum absolute atomic E-state index is 9.79. The third-order valence-corrected chi connectivity index (χ3v) is 2.40. The molecule has 0 fully saturated rings. The van der Waals surface area contributed by atoms with Gasteiger partial charge in [-0.3, -0.25) is 0 Å². The van der Waals surface area contributed by atoms with Crippen LogP contribution in [0.5, 0.6) is 0 Å². The Labute approximate surface area is 81.2 Å². The molecule has 2 N–H and O–H groups in total. The molecule has 0 saturated carbocycles. The molecule has 0 bridgehead atoms. The molecule has 0 aliphatic heterocycles. The SMILES string of the molecule is C=CCC(C(C)C)[C@@H](O)CCC=N. The minimum atomic E-state index is -0.292. The lowest BCUT2D eigenvalue weighted by Crippen LogP contribution is -2.24. The third-order valence-electron chi connectivity index (χ3n) is 2.40. The van der Waals surface area contributed by atoms with Gasteiger partial charge in [0.1, 0.15) is 0 Å². The van der Waals surface area contributed by atoms with Crippen molar-refractivity contribution in [2.45, 2.75) is 39.2 Å². The molecule has 0 aromatic carbocycles. The molecule has 0 heterocycles. The lowest BCUT2D eigenvalue weighted by atomic mass is 9.85. The quantitative estimate of drug-likeness (QED) is 0.462. The maximum atomic E-state index is 9.79. The second kappa shape index (κ2) is 6.84. The molecule has 0 aromatic rings. The maximum Gasteiger partial charge on any atom is 0.0577 e. The van der Waals surface area contributed by atoms with Crippen molar-refractivity contribution in [3.05, 3.63) is 12.7 Å². The van der Waals surface area contributed by atoms with E-state index < -0.39 is 0 Å². The fourth-order valence-electron chi connectivity index (χ4n) is 1.53. The van der Waals surface area contributed by atoms with E-state index in [1.165, 1.54) is 6.21 Å². The Morgan fingerprint density at radius 1 is 1.46 bits per heavy atom. The van der Waals surface area contributed by atoms with Gasteiger partial charge in [0.15, 0.2) is 0 Å². The zero-order valence-corrected chi connectivity index (χ0v) is 8.66. The molecule has 76 valence electrons. The van der Waals surface area contributed by atoms with Gasteiger partial charge in [-0.2, -0.15) is 0 Å². The first-order chi connectivity index (χ1) is 6.13. The van der Waals surface area contributed by atoms with Gasteiger partial charge in [-0.25, -0.2) is 0 Å². The van der Waals surface area contributed by atoms with Gasteiger partial charge in [0.2, 0.25) is 0 Å². The van der Waals surface area contributed by atoms with Crippen LogP contribution < -0.4 is 0 Å². The minimum absolute atomic E-state index is 0.289. The monoisotopic (exact) mass is 183 g/mol. The summed E-state index contributed by atoms with van der Waals surface area (Å²) in [4.78, 5) is 0. The van der Waals surface area contributed by atoms with E-state index >= 15 is 0 Å². The van der Waals surface area contributed by atoms with Gasteiger partial charge < -0.3 is 10.5 Å². The van der Waals surface area contributed by atoms with Gasteiger partial charge in [-0.15, -0.1) is 6.58 Å². The normalized spacial score (nSPS) is 15.4. The number of aliphatic hydroxyl groups excluding tert-OH is 1. The Balaban J connectivity index is 4.01. The first-order valence-electron chi connectivity index (χ1n) is 4.91. The number of hydrogen-bond donors (Lipinski definition) is 2. The number of aliphatic hydroxyl groups is 1. The molecule has 0 saturated heterocycles. The molecule has 2 nitrogen and oxygen atoms in total. The molecule has 0 rings (SSSR count). The van der Waals surface area contributed by atoms with E-state index in [1.807, 2.05) is 6.08 Å². The van der Waals surface area contributed by atoms with E-state index in [1.54, 1.807) is 0 Å². The summed E-state index contributed by atoms with van der Waals surface area (Å²) in [6.45, 7) is 7.92. The second-order valence-electron chi connectivity index (χ2n) is 3.78. The highest BCUT2D eigenvalue weighted by Crippen LogP contribution is 2.22. The topological polar surface area (TPSA) is 44.1 Å². The van der Waals surface area contributed by atoms with Crippen molar-refractivity contribution in [1.82, 2.24) is 0 Å². The van der Waals surface area contributed by atoms with Crippen molar-refractivity contribution in [2.24, 2.45) is 11.8 Å². The molecule has 0 amide bonds. The predicted molar refractivity (Wildman–Crippen MR) is 57.2 cm³/mol. The Bertz CT molecular complexity index is 154. The first-order valence-corrected chi connectivity index (χ1v) is 4.91. The summed E-state index contributed by atoms with van der Waals surface area (Å²) in [5.41, 5.74) is 0. The van der Waals surface area contributed by atoms with Crippen LogP contribution >= 0.6 is 0 Å². The number of allylic oxidation sites excluding steroid dienone is 1. The van der Waals surface area contributed by atoms with E-state index in [0.29, 0.717) is 18.8 Å². The average molecular weight is 183 g/mol. The van der Waals surface area contributed by atoms with Crippen molar-refractivity contribution < 1.29 is 5.11 Å². The number of rotatable bonds is 7. The molecule has 0 aliphatic rings. The van der Waals surface area contributed by atoms with Crippen molar-refractivity contribution in [3.63, 3.8) is 0 Å². The number of hydrogen-bond acceptors (Lipinski definition) is 2. The van der Waals surface area contributed by atoms with E-state index in [0.717, 1.165) is 6.42 Å². The van der Waals surface area contributed by atoms with Gasteiger partial charge in [0.05, 0.1) is 6.10 Å². The van der Waals surface area contributed by atoms with Crippen LogP contribution in [0.2, 0.25) is 0 Å². The highest BCUT2D eigenvalue weighted by molar-refractivity contribution is 5.52. The van der Waals surface area contributed by atoms with E-state index in [4.69, 9.17) is 5.41 Å². The van der Waals surface area contributed by atoms with Crippen molar-refractivity contribution in [3.8, 4) is 0 Å². The predicted octanol–water partition coefficient (Wildman–Crippen LogP) is 2.63. The molecule has 2 atom stereocenters. The van der Waals surface area contributed by atoms with E-state index in [2.05, 4.69) is 20.4 Å². The van der Waals surface area contributed by atoms with Gasteiger partial charge in [-0.05, 0) is 37.3 Å². The fourth-order valence-corrected chi connectivity index (χ4v) is 1.53. The summed E-state index contributed by atoms with van der Waals surface area (Å²) in [7, 11) is 0. The van der Waals surface area contributed by atoms with E-state index in [9.17, 15) is 5.11 Å². The smallest absolute Gasteiger partial charge is 0.0577 e. The molecule has 2 heteroatoms. The Kier molecular flexibility index (Phi) is 6.51. The summed E-state index contributed by atoms with van der Waals surface area (Å²) in [5, 5.41) is 16.7. The minimum Gasteiger partial charge on any atom is -0.393 e. The number of nitrogens with one attached hydrogen (secondary N) is 1. The standard InChI is InChI=1S/C11H21NO/c1-4-6-10(9(2)3)11(13)7-5-8-12/h4,8-13H,1,5-7H2,2-3H3/t10?,11-/m0/s1. The summed E-state index contributed by atoms with van der Waals surface area (Å²) in [6.07, 6.45) is 5.14. The van der Waals surface area contributed by atoms with Crippen LogP contribution in [-0.4, -0.2) is 17.4 Å². The summed E-state index contributed by atoms with van der Waals surface area (Å²) < 4.78 is 0. The lowest BCUT2D eigenvalue weighted by Gasteiger charge is -2.24. The van der Waals surface area contributed by atoms with Crippen LogP contribution in [0.25, 0.3) is 0 Å². The van der Waals surface area contributed by atoms with Crippen molar-refractivity contribution >= 4 is 6.21 Å². The summed E-state index contributed by atoms with van der Waals surface area (Å²) in [5.74, 6) is 0.760. The van der Waals surface area contributed by atoms with Crippen LogP contribution in [-0.2, 0) is 0 Å².